The standard InChI is InChI=1S/C22H29FN2O2S/c1-24-15-17-3-7-19(8-4-17)20-9-13-22(14-10-20)25(28(2,26)27)16-18-5-11-21(23)12-6-18/h3-8,11-12,20,22,24H,9-10,13-16H2,1-2H3/t20-,22-. The lowest BCUT2D eigenvalue weighted by molar-refractivity contribution is 0.235. The topological polar surface area (TPSA) is 49.4 Å². The molecule has 1 N–H and O–H groups in total. The molecular formula is C22H29FN2O2S. The molecule has 0 unspecified atom stereocenters. The van der Waals surface area contributed by atoms with Crippen LogP contribution in [0.5, 0.6) is 0 Å². The van der Waals surface area contributed by atoms with E-state index in [9.17, 15) is 12.8 Å². The first-order valence-electron chi connectivity index (χ1n) is 9.81. The molecule has 0 saturated heterocycles. The number of nitrogens with one attached hydrogen (secondary N) is 1. The van der Waals surface area contributed by atoms with Crippen LogP contribution in [0, 0.1) is 5.82 Å². The van der Waals surface area contributed by atoms with Crippen molar-refractivity contribution >= 4 is 10.0 Å². The quantitative estimate of drug-likeness (QED) is 0.758. The van der Waals surface area contributed by atoms with Crippen LogP contribution in [0.1, 0.15) is 48.3 Å². The second-order valence-electron chi connectivity index (χ2n) is 7.71. The Bertz CT molecular complexity index is 858. The summed E-state index contributed by atoms with van der Waals surface area (Å²) in [7, 11) is -1.40. The Morgan fingerprint density at radius 2 is 1.54 bits per heavy atom. The van der Waals surface area contributed by atoms with E-state index in [-0.39, 0.29) is 11.9 Å². The van der Waals surface area contributed by atoms with Gasteiger partial charge >= 0.3 is 0 Å². The Hall–Kier alpha value is -1.76. The van der Waals surface area contributed by atoms with Crippen LogP contribution in [0.2, 0.25) is 0 Å². The first kappa shape index (κ1) is 21.0. The summed E-state index contributed by atoms with van der Waals surface area (Å²) in [6, 6.07) is 14.8. The lowest BCUT2D eigenvalue weighted by Gasteiger charge is -2.35. The zero-order chi connectivity index (χ0) is 20.1. The molecule has 1 saturated carbocycles. The van der Waals surface area contributed by atoms with E-state index >= 15 is 0 Å². The van der Waals surface area contributed by atoms with Crippen molar-refractivity contribution in [3.05, 3.63) is 71.0 Å². The maximum Gasteiger partial charge on any atom is 0.211 e. The highest BCUT2D eigenvalue weighted by Gasteiger charge is 2.31. The molecule has 0 amide bonds. The van der Waals surface area contributed by atoms with Crippen LogP contribution in [-0.2, 0) is 23.1 Å². The summed E-state index contributed by atoms with van der Waals surface area (Å²) in [5, 5.41) is 3.16. The van der Waals surface area contributed by atoms with Crippen LogP contribution in [0.4, 0.5) is 4.39 Å². The molecule has 0 aromatic heterocycles. The molecule has 1 aliphatic carbocycles. The highest BCUT2D eigenvalue weighted by Crippen LogP contribution is 2.36. The number of halogens is 1. The van der Waals surface area contributed by atoms with Gasteiger partial charge < -0.3 is 5.32 Å². The zero-order valence-electron chi connectivity index (χ0n) is 16.6. The number of hydrogen-bond donors (Lipinski definition) is 1. The second kappa shape index (κ2) is 9.16. The number of sulfonamides is 1. The van der Waals surface area contributed by atoms with E-state index in [1.807, 2.05) is 7.05 Å². The molecule has 2 aromatic rings. The molecule has 0 heterocycles. The molecule has 0 radical (unpaired) electrons. The van der Waals surface area contributed by atoms with Gasteiger partial charge in [0.2, 0.25) is 10.0 Å². The smallest absolute Gasteiger partial charge is 0.211 e. The minimum atomic E-state index is -3.33. The Morgan fingerprint density at radius 1 is 0.964 bits per heavy atom. The Balaban J connectivity index is 1.65. The number of rotatable bonds is 7. The summed E-state index contributed by atoms with van der Waals surface area (Å²) in [6.45, 7) is 1.16. The molecule has 3 rings (SSSR count). The first-order valence-corrected chi connectivity index (χ1v) is 11.7. The Kier molecular flexibility index (Phi) is 6.86. The van der Waals surface area contributed by atoms with Crippen molar-refractivity contribution in [2.24, 2.45) is 0 Å². The molecule has 152 valence electrons. The van der Waals surface area contributed by atoms with Gasteiger partial charge in [-0.05, 0) is 67.5 Å². The van der Waals surface area contributed by atoms with Crippen LogP contribution in [0.25, 0.3) is 0 Å². The van der Waals surface area contributed by atoms with Crippen LogP contribution >= 0.6 is 0 Å². The third-order valence-electron chi connectivity index (χ3n) is 5.61. The molecule has 28 heavy (non-hydrogen) atoms. The summed E-state index contributed by atoms with van der Waals surface area (Å²) in [5.41, 5.74) is 3.42. The van der Waals surface area contributed by atoms with E-state index in [1.54, 1.807) is 16.4 Å². The Labute approximate surface area is 167 Å². The largest absolute Gasteiger partial charge is 0.316 e. The highest BCUT2D eigenvalue weighted by molar-refractivity contribution is 7.88. The summed E-state index contributed by atoms with van der Waals surface area (Å²) in [6.07, 6.45) is 4.91. The molecule has 1 aliphatic rings. The fourth-order valence-corrected chi connectivity index (χ4v) is 5.23. The minimum Gasteiger partial charge on any atom is -0.316 e. The van der Waals surface area contributed by atoms with Gasteiger partial charge in [0.15, 0.2) is 0 Å². The van der Waals surface area contributed by atoms with Gasteiger partial charge in [0.25, 0.3) is 0 Å². The molecular weight excluding hydrogens is 375 g/mol. The third kappa shape index (κ3) is 5.40. The zero-order valence-corrected chi connectivity index (χ0v) is 17.4. The number of nitrogens with zero attached hydrogens (tertiary/aromatic N) is 1. The maximum absolute atomic E-state index is 13.1. The fourth-order valence-electron chi connectivity index (χ4n) is 4.10. The van der Waals surface area contributed by atoms with Gasteiger partial charge in [-0.15, -0.1) is 0 Å². The van der Waals surface area contributed by atoms with E-state index < -0.39 is 10.0 Å². The maximum atomic E-state index is 13.1. The molecule has 0 aliphatic heterocycles. The van der Waals surface area contributed by atoms with Crippen LogP contribution in [-0.4, -0.2) is 32.1 Å². The first-order chi connectivity index (χ1) is 13.4. The lowest BCUT2D eigenvalue weighted by Crippen LogP contribution is -2.41. The summed E-state index contributed by atoms with van der Waals surface area (Å²) in [4.78, 5) is 0. The summed E-state index contributed by atoms with van der Waals surface area (Å²) < 4.78 is 39.5. The minimum absolute atomic E-state index is 0.000123. The average Bonchev–Trinajstić information content (AvgIpc) is 2.68. The van der Waals surface area contributed by atoms with E-state index in [0.29, 0.717) is 12.5 Å². The van der Waals surface area contributed by atoms with Crippen molar-refractivity contribution in [1.29, 1.82) is 0 Å². The molecule has 0 spiro atoms. The number of benzene rings is 2. The fraction of sp³-hybridized carbons (Fsp3) is 0.455. The summed E-state index contributed by atoms with van der Waals surface area (Å²) >= 11 is 0. The van der Waals surface area contributed by atoms with Crippen LogP contribution in [0.15, 0.2) is 48.5 Å². The predicted molar refractivity (Wildman–Crippen MR) is 111 cm³/mol. The van der Waals surface area contributed by atoms with Crippen molar-refractivity contribution in [2.75, 3.05) is 13.3 Å². The molecule has 0 bridgehead atoms. The van der Waals surface area contributed by atoms with Gasteiger partial charge in [-0.2, -0.15) is 4.31 Å². The monoisotopic (exact) mass is 404 g/mol. The normalized spacial score (nSPS) is 20.4. The Morgan fingerprint density at radius 3 is 2.07 bits per heavy atom. The van der Waals surface area contributed by atoms with Gasteiger partial charge in [-0.25, -0.2) is 12.8 Å². The van der Waals surface area contributed by atoms with Crippen molar-refractivity contribution in [1.82, 2.24) is 9.62 Å². The van der Waals surface area contributed by atoms with Crippen molar-refractivity contribution < 1.29 is 12.8 Å². The number of hydrogen-bond acceptors (Lipinski definition) is 3. The molecule has 1 fully saturated rings. The van der Waals surface area contributed by atoms with Crippen LogP contribution < -0.4 is 5.32 Å². The van der Waals surface area contributed by atoms with Gasteiger partial charge in [0, 0.05) is 19.1 Å². The van der Waals surface area contributed by atoms with Crippen molar-refractivity contribution in [2.45, 2.75) is 50.7 Å². The summed E-state index contributed by atoms with van der Waals surface area (Å²) in [5.74, 6) is 0.169. The van der Waals surface area contributed by atoms with Gasteiger partial charge in [-0.3, -0.25) is 0 Å². The van der Waals surface area contributed by atoms with Gasteiger partial charge in [-0.1, -0.05) is 36.4 Å². The third-order valence-corrected chi connectivity index (χ3v) is 6.89. The van der Waals surface area contributed by atoms with Gasteiger partial charge in [0.1, 0.15) is 5.82 Å². The predicted octanol–water partition coefficient (Wildman–Crippen LogP) is 4.03. The second-order valence-corrected chi connectivity index (χ2v) is 9.65. The van der Waals surface area contributed by atoms with Crippen molar-refractivity contribution in [3.8, 4) is 0 Å². The van der Waals surface area contributed by atoms with Crippen molar-refractivity contribution in [3.63, 3.8) is 0 Å². The molecule has 0 atom stereocenters. The van der Waals surface area contributed by atoms with E-state index in [2.05, 4.69) is 29.6 Å². The molecule has 6 heteroatoms. The van der Waals surface area contributed by atoms with Crippen LogP contribution in [0.3, 0.4) is 0 Å². The van der Waals surface area contributed by atoms with E-state index in [0.717, 1.165) is 37.8 Å². The van der Waals surface area contributed by atoms with E-state index in [1.165, 1.54) is 29.5 Å². The molecule has 2 aromatic carbocycles. The lowest BCUT2D eigenvalue weighted by atomic mass is 9.81. The average molecular weight is 405 g/mol. The molecule has 4 nitrogen and oxygen atoms in total. The highest BCUT2D eigenvalue weighted by atomic mass is 32.2. The SMILES string of the molecule is CNCc1ccc([C@H]2CC[C@H](N(Cc3ccc(F)cc3)S(C)(=O)=O)CC2)cc1. The van der Waals surface area contributed by atoms with E-state index in [4.69, 9.17) is 0 Å². The van der Waals surface area contributed by atoms with Gasteiger partial charge in [0.05, 0.1) is 6.26 Å².